The van der Waals surface area contributed by atoms with Gasteiger partial charge in [-0.3, -0.25) is 0 Å². The number of nitrogens with zero attached hydrogens (tertiary/aromatic N) is 4. The summed E-state index contributed by atoms with van der Waals surface area (Å²) >= 11 is 0. The van der Waals surface area contributed by atoms with E-state index in [2.05, 4.69) is 30.2 Å². The summed E-state index contributed by atoms with van der Waals surface area (Å²) in [5.41, 5.74) is 1.56. The van der Waals surface area contributed by atoms with Crippen molar-refractivity contribution in [3.63, 3.8) is 0 Å². The minimum atomic E-state index is 0.195. The Bertz CT molecular complexity index is 594. The first-order chi connectivity index (χ1) is 10.3. The van der Waals surface area contributed by atoms with Crippen LogP contribution >= 0.6 is 0 Å². The van der Waals surface area contributed by atoms with Crippen LogP contribution in [0.4, 0.5) is 11.8 Å². The number of hydrogen-bond acceptors (Lipinski definition) is 6. The number of imidazole rings is 1. The van der Waals surface area contributed by atoms with Crippen LogP contribution in [0.1, 0.15) is 32.6 Å². The third kappa shape index (κ3) is 2.78. The smallest absolute Gasteiger partial charge is 0.226 e. The Hall–Kier alpha value is -1.89. The lowest BCUT2D eigenvalue weighted by Crippen LogP contribution is -2.42. The molecule has 7 heteroatoms. The van der Waals surface area contributed by atoms with E-state index in [1.165, 1.54) is 19.3 Å². The molecule has 2 heterocycles. The first-order valence-electron chi connectivity index (χ1n) is 7.66. The Morgan fingerprint density at radius 3 is 2.95 bits per heavy atom. The van der Waals surface area contributed by atoms with Gasteiger partial charge in [0, 0.05) is 25.7 Å². The third-order valence-corrected chi connectivity index (χ3v) is 3.95. The van der Waals surface area contributed by atoms with Crippen molar-refractivity contribution < 1.29 is 5.11 Å². The van der Waals surface area contributed by atoms with Crippen molar-refractivity contribution >= 4 is 22.9 Å². The summed E-state index contributed by atoms with van der Waals surface area (Å²) < 4.78 is 0. The summed E-state index contributed by atoms with van der Waals surface area (Å²) in [5.74, 6) is 1.51. The highest BCUT2D eigenvalue weighted by Crippen LogP contribution is 2.32. The topological polar surface area (TPSA) is 90.0 Å². The van der Waals surface area contributed by atoms with Crippen molar-refractivity contribution in [2.75, 3.05) is 29.9 Å². The Morgan fingerprint density at radius 1 is 1.43 bits per heavy atom. The summed E-state index contributed by atoms with van der Waals surface area (Å²) in [7, 11) is 0. The summed E-state index contributed by atoms with van der Waals surface area (Å²) in [6.07, 6.45) is 6.02. The van der Waals surface area contributed by atoms with Crippen molar-refractivity contribution in [1.82, 2.24) is 19.9 Å². The number of fused-ring (bicyclic) bond motifs is 1. The number of hydrogen-bond donors (Lipinski definition) is 3. The predicted octanol–water partition coefficient (Wildman–Crippen LogP) is 1.53. The number of H-pyrrole nitrogens is 1. The fourth-order valence-electron chi connectivity index (χ4n) is 2.66. The van der Waals surface area contributed by atoms with Gasteiger partial charge in [-0.1, -0.05) is 0 Å². The third-order valence-electron chi connectivity index (χ3n) is 3.95. The second-order valence-corrected chi connectivity index (χ2v) is 5.36. The lowest BCUT2D eigenvalue weighted by molar-refractivity contribution is 0.282. The van der Waals surface area contributed by atoms with Crippen LogP contribution in [-0.4, -0.2) is 50.8 Å². The van der Waals surface area contributed by atoms with E-state index in [4.69, 9.17) is 5.11 Å². The second-order valence-electron chi connectivity index (χ2n) is 5.36. The highest BCUT2D eigenvalue weighted by molar-refractivity contribution is 5.84. The van der Waals surface area contributed by atoms with E-state index >= 15 is 0 Å². The van der Waals surface area contributed by atoms with Crippen LogP contribution in [0.25, 0.3) is 11.2 Å². The Kier molecular flexibility index (Phi) is 4.19. The molecule has 2 aromatic rings. The Morgan fingerprint density at radius 2 is 2.29 bits per heavy atom. The molecule has 0 radical (unpaired) electrons. The molecule has 0 aliphatic heterocycles. The zero-order valence-electron chi connectivity index (χ0n) is 12.3. The second kappa shape index (κ2) is 6.26. The molecule has 0 bridgehead atoms. The van der Waals surface area contributed by atoms with E-state index in [9.17, 15) is 0 Å². The van der Waals surface area contributed by atoms with Gasteiger partial charge in [0.05, 0.1) is 6.33 Å². The molecule has 0 atom stereocenters. The van der Waals surface area contributed by atoms with E-state index < -0.39 is 0 Å². The van der Waals surface area contributed by atoms with E-state index in [0.717, 1.165) is 30.8 Å². The first kappa shape index (κ1) is 14.1. The molecule has 0 aromatic carbocycles. The quantitative estimate of drug-likeness (QED) is 0.716. The molecular formula is C14H22N6O. The SMILES string of the molecule is CCNc1nc(N(CCCO)C2CCC2)c2[nH]cnc2n1. The zero-order chi connectivity index (χ0) is 14.7. The lowest BCUT2D eigenvalue weighted by atomic mass is 9.91. The number of aliphatic hydroxyl groups excluding tert-OH is 1. The fraction of sp³-hybridized carbons (Fsp3) is 0.643. The van der Waals surface area contributed by atoms with Gasteiger partial charge < -0.3 is 20.3 Å². The average molecular weight is 290 g/mol. The molecule has 7 nitrogen and oxygen atoms in total. The van der Waals surface area contributed by atoms with Crippen LogP contribution in [0.5, 0.6) is 0 Å². The van der Waals surface area contributed by atoms with E-state index in [1.54, 1.807) is 6.33 Å². The molecule has 21 heavy (non-hydrogen) atoms. The van der Waals surface area contributed by atoms with Crippen LogP contribution in [0.2, 0.25) is 0 Å². The molecule has 0 spiro atoms. The normalized spacial score (nSPS) is 15.1. The molecule has 0 saturated heterocycles. The molecule has 1 fully saturated rings. The number of nitrogens with one attached hydrogen (secondary N) is 2. The van der Waals surface area contributed by atoms with Gasteiger partial charge in [0.25, 0.3) is 0 Å². The zero-order valence-corrected chi connectivity index (χ0v) is 12.3. The van der Waals surface area contributed by atoms with Gasteiger partial charge in [-0.15, -0.1) is 0 Å². The van der Waals surface area contributed by atoms with Crippen molar-refractivity contribution in [3.8, 4) is 0 Å². The van der Waals surface area contributed by atoms with Gasteiger partial charge in [-0.25, -0.2) is 4.98 Å². The number of aromatic amines is 1. The van der Waals surface area contributed by atoms with Gasteiger partial charge in [0.1, 0.15) is 5.52 Å². The lowest BCUT2D eigenvalue weighted by Gasteiger charge is -2.38. The molecule has 1 aliphatic carbocycles. The molecule has 3 N–H and O–H groups in total. The largest absolute Gasteiger partial charge is 0.396 e. The predicted molar refractivity (Wildman–Crippen MR) is 82.5 cm³/mol. The summed E-state index contributed by atoms with van der Waals surface area (Å²) in [4.78, 5) is 18.8. The van der Waals surface area contributed by atoms with Gasteiger partial charge >= 0.3 is 0 Å². The average Bonchev–Trinajstić information content (AvgIpc) is 2.89. The molecule has 1 saturated carbocycles. The maximum atomic E-state index is 9.15. The molecule has 2 aromatic heterocycles. The molecule has 0 unspecified atom stereocenters. The summed E-state index contributed by atoms with van der Waals surface area (Å²) in [5, 5.41) is 12.3. The van der Waals surface area contributed by atoms with Crippen LogP contribution in [-0.2, 0) is 0 Å². The van der Waals surface area contributed by atoms with Crippen molar-refractivity contribution in [2.45, 2.75) is 38.6 Å². The molecular weight excluding hydrogens is 268 g/mol. The Labute approximate surface area is 123 Å². The van der Waals surface area contributed by atoms with Crippen molar-refractivity contribution in [2.24, 2.45) is 0 Å². The maximum absolute atomic E-state index is 9.15. The van der Waals surface area contributed by atoms with Crippen molar-refractivity contribution in [1.29, 1.82) is 0 Å². The number of rotatable bonds is 7. The van der Waals surface area contributed by atoms with E-state index in [-0.39, 0.29) is 6.61 Å². The number of anilines is 2. The molecule has 114 valence electrons. The minimum Gasteiger partial charge on any atom is -0.396 e. The van der Waals surface area contributed by atoms with Crippen molar-refractivity contribution in [3.05, 3.63) is 6.33 Å². The highest BCUT2D eigenvalue weighted by atomic mass is 16.3. The van der Waals surface area contributed by atoms with Gasteiger partial charge in [0.15, 0.2) is 11.5 Å². The summed E-state index contributed by atoms with van der Waals surface area (Å²) in [6.45, 7) is 3.79. The van der Waals surface area contributed by atoms with Gasteiger partial charge in [-0.2, -0.15) is 9.97 Å². The van der Waals surface area contributed by atoms with E-state index in [1.807, 2.05) is 6.92 Å². The molecule has 3 rings (SSSR count). The maximum Gasteiger partial charge on any atom is 0.226 e. The first-order valence-corrected chi connectivity index (χ1v) is 7.66. The standard InChI is InChI=1S/C14H22N6O/c1-2-15-14-18-12-11(16-9-17-12)13(19-14)20(7-4-8-21)10-5-3-6-10/h9-10,21H,2-8H2,1H3,(H2,15,16,17,18,19). The molecule has 1 aliphatic rings. The number of aliphatic hydroxyl groups is 1. The monoisotopic (exact) mass is 290 g/mol. The molecule has 0 amide bonds. The minimum absolute atomic E-state index is 0.195. The van der Waals surface area contributed by atoms with Crippen LogP contribution in [0, 0.1) is 0 Å². The number of aromatic nitrogens is 4. The summed E-state index contributed by atoms with van der Waals surface area (Å²) in [6, 6.07) is 0.507. The van der Waals surface area contributed by atoms with Crippen LogP contribution in [0.3, 0.4) is 0 Å². The van der Waals surface area contributed by atoms with Crippen LogP contribution in [0.15, 0.2) is 6.33 Å². The van der Waals surface area contributed by atoms with Crippen LogP contribution < -0.4 is 10.2 Å². The van der Waals surface area contributed by atoms with Gasteiger partial charge in [-0.05, 0) is 32.6 Å². The fourth-order valence-corrected chi connectivity index (χ4v) is 2.66. The Balaban J connectivity index is 1.99. The van der Waals surface area contributed by atoms with Gasteiger partial charge in [0.2, 0.25) is 5.95 Å². The highest BCUT2D eigenvalue weighted by Gasteiger charge is 2.28. The van der Waals surface area contributed by atoms with E-state index in [0.29, 0.717) is 17.6 Å².